The number of para-hydroxylation sites is 2. The zero-order valence-electron chi connectivity index (χ0n) is 15.7. The Hall–Kier alpha value is -3.81. The summed E-state index contributed by atoms with van der Waals surface area (Å²) in [4.78, 5) is 21.0. The molecule has 3 rings (SSSR count). The van der Waals surface area contributed by atoms with E-state index in [1.807, 2.05) is 24.3 Å². The number of amides is 1. The maximum Gasteiger partial charge on any atom is 0.274 e. The van der Waals surface area contributed by atoms with E-state index in [0.717, 1.165) is 0 Å². The number of methoxy groups -OCH3 is 3. The fourth-order valence-electron chi connectivity index (χ4n) is 2.52. The summed E-state index contributed by atoms with van der Waals surface area (Å²) in [5.74, 6) is 1.64. The van der Waals surface area contributed by atoms with E-state index in [9.17, 15) is 4.79 Å². The number of anilines is 3. The highest BCUT2D eigenvalue weighted by molar-refractivity contribution is 6.03. The first-order valence-electron chi connectivity index (χ1n) is 8.41. The summed E-state index contributed by atoms with van der Waals surface area (Å²) in [7, 11) is 4.66. The second-order valence-electron chi connectivity index (χ2n) is 5.61. The van der Waals surface area contributed by atoms with Gasteiger partial charge < -0.3 is 24.8 Å². The molecule has 28 heavy (non-hydrogen) atoms. The Bertz CT molecular complexity index is 978. The first-order chi connectivity index (χ1) is 13.6. The molecule has 1 aromatic heterocycles. The van der Waals surface area contributed by atoms with Crippen LogP contribution in [0.4, 0.5) is 17.3 Å². The SMILES string of the molecule is COc1ccccc1Nc1nccc(C(=O)Nc2ccc(OC)c(OC)c2)n1. The Morgan fingerprint density at radius 3 is 2.39 bits per heavy atom. The van der Waals surface area contributed by atoms with Crippen molar-refractivity contribution in [1.29, 1.82) is 0 Å². The molecule has 0 fully saturated rings. The third kappa shape index (κ3) is 4.29. The van der Waals surface area contributed by atoms with E-state index >= 15 is 0 Å². The summed E-state index contributed by atoms with van der Waals surface area (Å²) < 4.78 is 15.7. The smallest absolute Gasteiger partial charge is 0.274 e. The molecule has 144 valence electrons. The summed E-state index contributed by atoms with van der Waals surface area (Å²) in [5.41, 5.74) is 1.46. The molecule has 1 amide bonds. The number of aromatic nitrogens is 2. The lowest BCUT2D eigenvalue weighted by Gasteiger charge is -2.11. The quantitative estimate of drug-likeness (QED) is 0.648. The van der Waals surface area contributed by atoms with Crippen LogP contribution < -0.4 is 24.8 Å². The molecule has 0 saturated carbocycles. The lowest BCUT2D eigenvalue weighted by Crippen LogP contribution is -2.15. The Labute approximate surface area is 162 Å². The Kier molecular flexibility index (Phi) is 5.91. The first kappa shape index (κ1) is 19.0. The molecule has 0 atom stereocenters. The maximum absolute atomic E-state index is 12.6. The number of carbonyl (C=O) groups excluding carboxylic acids is 1. The van der Waals surface area contributed by atoms with E-state index in [-0.39, 0.29) is 17.5 Å². The number of rotatable bonds is 7. The molecule has 2 aromatic carbocycles. The van der Waals surface area contributed by atoms with Crippen LogP contribution in [0.5, 0.6) is 17.2 Å². The van der Waals surface area contributed by atoms with E-state index in [0.29, 0.717) is 28.6 Å². The zero-order valence-corrected chi connectivity index (χ0v) is 15.7. The number of ether oxygens (including phenoxy) is 3. The number of hydrogen-bond acceptors (Lipinski definition) is 7. The van der Waals surface area contributed by atoms with E-state index in [1.165, 1.54) is 19.4 Å². The Balaban J connectivity index is 1.77. The molecule has 1 heterocycles. The van der Waals surface area contributed by atoms with Gasteiger partial charge in [-0.05, 0) is 30.3 Å². The number of benzene rings is 2. The van der Waals surface area contributed by atoms with Crippen LogP contribution in [0.3, 0.4) is 0 Å². The zero-order chi connectivity index (χ0) is 19.9. The Morgan fingerprint density at radius 2 is 1.64 bits per heavy atom. The molecule has 3 aromatic rings. The van der Waals surface area contributed by atoms with Gasteiger partial charge in [0.25, 0.3) is 5.91 Å². The van der Waals surface area contributed by atoms with E-state index in [4.69, 9.17) is 14.2 Å². The van der Waals surface area contributed by atoms with Gasteiger partial charge in [-0.15, -0.1) is 0 Å². The maximum atomic E-state index is 12.6. The van der Waals surface area contributed by atoms with E-state index < -0.39 is 0 Å². The average molecular weight is 380 g/mol. The van der Waals surface area contributed by atoms with Gasteiger partial charge in [0.05, 0.1) is 27.0 Å². The summed E-state index contributed by atoms with van der Waals surface area (Å²) in [6.45, 7) is 0. The van der Waals surface area contributed by atoms with Crippen LogP contribution in [0.2, 0.25) is 0 Å². The monoisotopic (exact) mass is 380 g/mol. The lowest BCUT2D eigenvalue weighted by atomic mass is 10.2. The molecule has 0 aliphatic carbocycles. The van der Waals surface area contributed by atoms with Crippen molar-refractivity contribution < 1.29 is 19.0 Å². The molecule has 0 bridgehead atoms. The average Bonchev–Trinajstić information content (AvgIpc) is 2.74. The molecule has 0 spiro atoms. The molecule has 8 heteroatoms. The predicted molar refractivity (Wildman–Crippen MR) is 106 cm³/mol. The van der Waals surface area contributed by atoms with Crippen molar-refractivity contribution in [2.45, 2.75) is 0 Å². The van der Waals surface area contributed by atoms with Crippen molar-refractivity contribution >= 4 is 23.2 Å². The van der Waals surface area contributed by atoms with Crippen LogP contribution >= 0.6 is 0 Å². The third-order valence-corrected chi connectivity index (χ3v) is 3.88. The van der Waals surface area contributed by atoms with Crippen molar-refractivity contribution in [2.75, 3.05) is 32.0 Å². The van der Waals surface area contributed by atoms with Gasteiger partial charge in [0.15, 0.2) is 11.5 Å². The molecular formula is C20H20N4O4. The van der Waals surface area contributed by atoms with Gasteiger partial charge in [-0.25, -0.2) is 9.97 Å². The van der Waals surface area contributed by atoms with Gasteiger partial charge in [-0.3, -0.25) is 4.79 Å². The number of nitrogens with zero attached hydrogens (tertiary/aromatic N) is 2. The van der Waals surface area contributed by atoms with Crippen molar-refractivity contribution in [3.8, 4) is 17.2 Å². The van der Waals surface area contributed by atoms with Crippen molar-refractivity contribution in [1.82, 2.24) is 9.97 Å². The topological polar surface area (TPSA) is 94.6 Å². The molecule has 0 saturated heterocycles. The van der Waals surface area contributed by atoms with Crippen LogP contribution in [-0.2, 0) is 0 Å². The fraction of sp³-hybridized carbons (Fsp3) is 0.150. The molecule has 8 nitrogen and oxygen atoms in total. The van der Waals surface area contributed by atoms with Gasteiger partial charge in [0.2, 0.25) is 5.95 Å². The third-order valence-electron chi connectivity index (χ3n) is 3.88. The van der Waals surface area contributed by atoms with Gasteiger partial charge in [0.1, 0.15) is 11.4 Å². The van der Waals surface area contributed by atoms with Crippen LogP contribution in [0.25, 0.3) is 0 Å². The molecular weight excluding hydrogens is 360 g/mol. The highest BCUT2D eigenvalue weighted by Gasteiger charge is 2.12. The largest absolute Gasteiger partial charge is 0.495 e. The second kappa shape index (κ2) is 8.72. The van der Waals surface area contributed by atoms with E-state index in [1.54, 1.807) is 32.4 Å². The van der Waals surface area contributed by atoms with Crippen LogP contribution in [0.15, 0.2) is 54.7 Å². The van der Waals surface area contributed by atoms with Crippen molar-refractivity contribution in [3.63, 3.8) is 0 Å². The van der Waals surface area contributed by atoms with Crippen LogP contribution in [-0.4, -0.2) is 37.2 Å². The minimum absolute atomic E-state index is 0.210. The van der Waals surface area contributed by atoms with Crippen LogP contribution in [0, 0.1) is 0 Å². The highest BCUT2D eigenvalue weighted by Crippen LogP contribution is 2.30. The normalized spacial score (nSPS) is 10.1. The van der Waals surface area contributed by atoms with Crippen molar-refractivity contribution in [2.24, 2.45) is 0 Å². The minimum atomic E-state index is -0.377. The van der Waals surface area contributed by atoms with Crippen LogP contribution in [0.1, 0.15) is 10.5 Å². The Morgan fingerprint density at radius 1 is 0.893 bits per heavy atom. The molecule has 0 aliphatic heterocycles. The standard InChI is InChI=1S/C20H20N4O4/c1-26-16-7-5-4-6-14(16)23-20-21-11-10-15(24-20)19(25)22-13-8-9-17(27-2)18(12-13)28-3/h4-12H,1-3H3,(H,22,25)(H,21,23,24). The van der Waals surface area contributed by atoms with Crippen molar-refractivity contribution in [3.05, 3.63) is 60.4 Å². The summed E-state index contributed by atoms with van der Waals surface area (Å²) in [6, 6.07) is 14.0. The predicted octanol–water partition coefficient (Wildman–Crippen LogP) is 3.50. The van der Waals surface area contributed by atoms with Gasteiger partial charge in [-0.2, -0.15) is 0 Å². The highest BCUT2D eigenvalue weighted by atomic mass is 16.5. The molecule has 0 radical (unpaired) electrons. The summed E-state index contributed by atoms with van der Waals surface area (Å²) >= 11 is 0. The van der Waals surface area contributed by atoms with E-state index in [2.05, 4.69) is 20.6 Å². The number of hydrogen-bond donors (Lipinski definition) is 2. The fourth-order valence-corrected chi connectivity index (χ4v) is 2.52. The molecule has 2 N–H and O–H groups in total. The number of nitrogens with one attached hydrogen (secondary N) is 2. The van der Waals surface area contributed by atoms with Gasteiger partial charge in [-0.1, -0.05) is 12.1 Å². The minimum Gasteiger partial charge on any atom is -0.495 e. The molecule has 0 aliphatic rings. The summed E-state index contributed by atoms with van der Waals surface area (Å²) in [5, 5.41) is 5.83. The molecule has 0 unspecified atom stereocenters. The summed E-state index contributed by atoms with van der Waals surface area (Å²) in [6.07, 6.45) is 1.51. The van der Waals surface area contributed by atoms with Gasteiger partial charge >= 0.3 is 0 Å². The van der Waals surface area contributed by atoms with Gasteiger partial charge in [0, 0.05) is 18.0 Å². The lowest BCUT2D eigenvalue weighted by molar-refractivity contribution is 0.102. The number of carbonyl (C=O) groups is 1. The second-order valence-corrected chi connectivity index (χ2v) is 5.61. The first-order valence-corrected chi connectivity index (χ1v) is 8.41.